The van der Waals surface area contributed by atoms with Crippen LogP contribution < -0.4 is 5.32 Å². The molecule has 1 aromatic carbocycles. The van der Waals surface area contributed by atoms with Gasteiger partial charge in [-0.3, -0.25) is 0 Å². The zero-order valence-corrected chi connectivity index (χ0v) is 13.5. The molecule has 3 rings (SSSR count). The third-order valence-electron chi connectivity index (χ3n) is 3.40. The molecular weight excluding hydrogens is 304 g/mol. The van der Waals surface area contributed by atoms with Crippen LogP contribution in [0.15, 0.2) is 28.3 Å². The lowest BCUT2D eigenvalue weighted by molar-refractivity contribution is 0.878. The minimum Gasteiger partial charge on any atom is -0.354 e. The van der Waals surface area contributed by atoms with Gasteiger partial charge in [0.25, 0.3) is 0 Å². The quantitative estimate of drug-likeness (QED) is 0.902. The molecule has 1 aliphatic rings. The highest BCUT2D eigenvalue weighted by Gasteiger charge is 2.12. The van der Waals surface area contributed by atoms with Crippen molar-refractivity contribution < 1.29 is 0 Å². The number of rotatable bonds is 5. The van der Waals surface area contributed by atoms with E-state index in [0.717, 1.165) is 17.9 Å². The molecule has 0 spiro atoms. The van der Waals surface area contributed by atoms with Crippen LogP contribution in [0.3, 0.4) is 0 Å². The summed E-state index contributed by atoms with van der Waals surface area (Å²) in [4.78, 5) is 13.8. The SMILES string of the molecule is CCCNc1nc(Cl)nc(Sc2ccc3c(c2)CCC3)n1. The fraction of sp³-hybridized carbons (Fsp3) is 0.400. The average molecular weight is 321 g/mol. The van der Waals surface area contributed by atoms with Gasteiger partial charge in [0.2, 0.25) is 11.2 Å². The van der Waals surface area contributed by atoms with Crippen molar-refractivity contribution in [1.82, 2.24) is 15.0 Å². The molecule has 1 aliphatic carbocycles. The van der Waals surface area contributed by atoms with Gasteiger partial charge in [0.05, 0.1) is 0 Å². The zero-order chi connectivity index (χ0) is 14.7. The van der Waals surface area contributed by atoms with E-state index in [4.69, 9.17) is 11.6 Å². The highest BCUT2D eigenvalue weighted by Crippen LogP contribution is 2.31. The summed E-state index contributed by atoms with van der Waals surface area (Å²) < 4.78 is 0. The summed E-state index contributed by atoms with van der Waals surface area (Å²) in [7, 11) is 0. The van der Waals surface area contributed by atoms with E-state index in [1.54, 1.807) is 0 Å². The van der Waals surface area contributed by atoms with E-state index >= 15 is 0 Å². The number of halogens is 1. The summed E-state index contributed by atoms with van der Waals surface area (Å²) in [5, 5.41) is 4.00. The van der Waals surface area contributed by atoms with Crippen LogP contribution in [0.4, 0.5) is 5.95 Å². The molecule has 1 aromatic heterocycles. The molecule has 0 saturated heterocycles. The topological polar surface area (TPSA) is 50.7 Å². The van der Waals surface area contributed by atoms with Gasteiger partial charge in [-0.2, -0.15) is 15.0 Å². The fourth-order valence-electron chi connectivity index (χ4n) is 2.41. The second-order valence-electron chi connectivity index (χ2n) is 5.02. The first-order valence-electron chi connectivity index (χ1n) is 7.19. The first-order chi connectivity index (χ1) is 10.2. The fourth-order valence-corrected chi connectivity index (χ4v) is 3.43. The monoisotopic (exact) mass is 320 g/mol. The number of benzene rings is 1. The van der Waals surface area contributed by atoms with E-state index in [1.807, 2.05) is 0 Å². The highest BCUT2D eigenvalue weighted by molar-refractivity contribution is 7.99. The maximum atomic E-state index is 5.97. The second kappa shape index (κ2) is 6.62. The van der Waals surface area contributed by atoms with Gasteiger partial charge < -0.3 is 5.32 Å². The van der Waals surface area contributed by atoms with E-state index in [0.29, 0.717) is 11.1 Å². The van der Waals surface area contributed by atoms with Gasteiger partial charge in [0.1, 0.15) is 0 Å². The summed E-state index contributed by atoms with van der Waals surface area (Å²) in [6.07, 6.45) is 4.64. The van der Waals surface area contributed by atoms with Crippen molar-refractivity contribution >= 4 is 29.3 Å². The molecule has 0 amide bonds. The largest absolute Gasteiger partial charge is 0.354 e. The molecule has 4 nitrogen and oxygen atoms in total. The number of hydrogen-bond donors (Lipinski definition) is 1. The first-order valence-corrected chi connectivity index (χ1v) is 8.39. The molecule has 1 N–H and O–H groups in total. The Labute approximate surface area is 133 Å². The van der Waals surface area contributed by atoms with Gasteiger partial charge in [0, 0.05) is 11.4 Å². The van der Waals surface area contributed by atoms with E-state index in [2.05, 4.69) is 45.4 Å². The van der Waals surface area contributed by atoms with Crippen molar-refractivity contribution in [3.63, 3.8) is 0 Å². The normalized spacial score (nSPS) is 13.2. The van der Waals surface area contributed by atoms with Crippen LogP contribution in [0.5, 0.6) is 0 Å². The summed E-state index contributed by atoms with van der Waals surface area (Å²) in [6, 6.07) is 6.58. The van der Waals surface area contributed by atoms with Crippen LogP contribution in [0.2, 0.25) is 5.28 Å². The lowest BCUT2D eigenvalue weighted by atomic mass is 10.1. The smallest absolute Gasteiger partial charge is 0.228 e. The Kier molecular flexibility index (Phi) is 4.60. The van der Waals surface area contributed by atoms with E-state index in [9.17, 15) is 0 Å². The Hall–Kier alpha value is -1.33. The van der Waals surface area contributed by atoms with Crippen LogP contribution in [0.25, 0.3) is 0 Å². The number of anilines is 1. The number of nitrogens with one attached hydrogen (secondary N) is 1. The van der Waals surface area contributed by atoms with Crippen LogP contribution in [0.1, 0.15) is 30.9 Å². The van der Waals surface area contributed by atoms with Crippen LogP contribution in [-0.2, 0) is 12.8 Å². The minimum absolute atomic E-state index is 0.229. The van der Waals surface area contributed by atoms with Gasteiger partial charge in [-0.1, -0.05) is 13.0 Å². The van der Waals surface area contributed by atoms with Gasteiger partial charge in [-0.15, -0.1) is 0 Å². The van der Waals surface area contributed by atoms with E-state index in [1.165, 1.54) is 42.2 Å². The molecule has 0 bridgehead atoms. The molecule has 0 unspecified atom stereocenters. The molecule has 1 heterocycles. The predicted octanol–water partition coefficient (Wildman–Crippen LogP) is 3.99. The molecule has 0 aliphatic heterocycles. The zero-order valence-electron chi connectivity index (χ0n) is 11.9. The molecule has 0 atom stereocenters. The Morgan fingerprint density at radius 3 is 2.90 bits per heavy atom. The Morgan fingerprint density at radius 2 is 2.05 bits per heavy atom. The molecule has 21 heavy (non-hydrogen) atoms. The van der Waals surface area contributed by atoms with Crippen molar-refractivity contribution in [2.75, 3.05) is 11.9 Å². The van der Waals surface area contributed by atoms with Crippen molar-refractivity contribution in [2.24, 2.45) is 0 Å². The predicted molar refractivity (Wildman–Crippen MR) is 86.2 cm³/mol. The Morgan fingerprint density at radius 1 is 1.19 bits per heavy atom. The molecule has 0 saturated carbocycles. The summed E-state index contributed by atoms with van der Waals surface area (Å²) >= 11 is 7.50. The summed E-state index contributed by atoms with van der Waals surface area (Å²) in [5.74, 6) is 0.542. The number of hydrogen-bond acceptors (Lipinski definition) is 5. The number of aromatic nitrogens is 3. The summed E-state index contributed by atoms with van der Waals surface area (Å²) in [5.41, 5.74) is 2.92. The Balaban J connectivity index is 1.79. The number of aryl methyl sites for hydroxylation is 2. The molecule has 2 aromatic rings. The molecule has 0 radical (unpaired) electrons. The average Bonchev–Trinajstić information content (AvgIpc) is 2.92. The van der Waals surface area contributed by atoms with Crippen molar-refractivity contribution in [1.29, 1.82) is 0 Å². The molecule has 0 fully saturated rings. The minimum atomic E-state index is 0.229. The number of nitrogens with zero attached hydrogens (tertiary/aromatic N) is 3. The van der Waals surface area contributed by atoms with Gasteiger partial charge in [-0.25, -0.2) is 0 Å². The maximum absolute atomic E-state index is 5.97. The van der Waals surface area contributed by atoms with Crippen LogP contribution in [0, 0.1) is 0 Å². The highest BCUT2D eigenvalue weighted by atomic mass is 35.5. The summed E-state index contributed by atoms with van der Waals surface area (Å²) in [6.45, 7) is 2.92. The van der Waals surface area contributed by atoms with Crippen molar-refractivity contribution in [2.45, 2.75) is 42.7 Å². The third-order valence-corrected chi connectivity index (χ3v) is 4.42. The van der Waals surface area contributed by atoms with Gasteiger partial charge in [-0.05, 0) is 72.3 Å². The number of fused-ring (bicyclic) bond motifs is 1. The van der Waals surface area contributed by atoms with E-state index in [-0.39, 0.29) is 5.28 Å². The van der Waals surface area contributed by atoms with Crippen molar-refractivity contribution in [3.05, 3.63) is 34.6 Å². The van der Waals surface area contributed by atoms with Crippen molar-refractivity contribution in [3.8, 4) is 0 Å². The molecule has 6 heteroatoms. The van der Waals surface area contributed by atoms with Gasteiger partial charge in [0.15, 0.2) is 5.16 Å². The molecular formula is C15H17ClN4S. The molecule has 110 valence electrons. The van der Waals surface area contributed by atoms with E-state index < -0.39 is 0 Å². The first kappa shape index (κ1) is 14.6. The van der Waals surface area contributed by atoms with Crippen LogP contribution >= 0.6 is 23.4 Å². The van der Waals surface area contributed by atoms with Crippen LogP contribution in [-0.4, -0.2) is 21.5 Å². The van der Waals surface area contributed by atoms with Gasteiger partial charge >= 0.3 is 0 Å². The lowest BCUT2D eigenvalue weighted by Gasteiger charge is -2.06. The lowest BCUT2D eigenvalue weighted by Crippen LogP contribution is -2.06. The standard InChI is InChI=1S/C15H17ClN4S/c1-2-8-17-14-18-13(16)19-15(20-14)21-12-7-6-10-4-3-5-11(10)9-12/h6-7,9H,2-5,8H2,1H3,(H,17,18,19,20). The Bertz CT molecular complexity index is 648. The third kappa shape index (κ3) is 3.66. The second-order valence-corrected chi connectivity index (χ2v) is 6.40. The maximum Gasteiger partial charge on any atom is 0.228 e.